The lowest BCUT2D eigenvalue weighted by Gasteiger charge is -2.05. The van der Waals surface area contributed by atoms with E-state index in [2.05, 4.69) is 6.92 Å². The lowest BCUT2D eigenvalue weighted by atomic mass is 10.2. The number of unbranched alkanes of at least 4 members (excludes halogenated alkanes) is 3. The molecule has 0 saturated carbocycles. The van der Waals surface area contributed by atoms with E-state index >= 15 is 0 Å². The Hall–Kier alpha value is -0.870. The fourth-order valence-corrected chi connectivity index (χ4v) is 2.41. The summed E-state index contributed by atoms with van der Waals surface area (Å²) < 4.78 is 28.5. The third kappa shape index (κ3) is 4.88. The Morgan fingerprint density at radius 3 is 2.29 bits per heavy atom. The minimum Gasteiger partial charge on any atom is -0.266 e. The minimum absolute atomic E-state index is 0.235. The third-order valence-electron chi connectivity index (χ3n) is 2.55. The van der Waals surface area contributed by atoms with Gasteiger partial charge in [-0.15, -0.1) is 0 Å². The molecule has 1 aromatic carbocycles. The second-order valence-corrected chi connectivity index (χ2v) is 5.77. The molecule has 17 heavy (non-hydrogen) atoms. The van der Waals surface area contributed by atoms with Gasteiger partial charge < -0.3 is 0 Å². The molecule has 1 aromatic rings. The molecule has 0 aromatic heterocycles. The van der Waals surface area contributed by atoms with Gasteiger partial charge in [-0.3, -0.25) is 4.18 Å². The highest BCUT2D eigenvalue weighted by molar-refractivity contribution is 7.86. The van der Waals surface area contributed by atoms with E-state index < -0.39 is 10.1 Å². The molecule has 0 aliphatic rings. The Labute approximate surface area is 104 Å². The number of hydrogen-bond acceptors (Lipinski definition) is 3. The summed E-state index contributed by atoms with van der Waals surface area (Å²) in [5, 5.41) is 0. The van der Waals surface area contributed by atoms with E-state index in [0.717, 1.165) is 31.2 Å². The number of rotatable bonds is 7. The van der Waals surface area contributed by atoms with Gasteiger partial charge in [0, 0.05) is 0 Å². The molecule has 3 nitrogen and oxygen atoms in total. The van der Waals surface area contributed by atoms with Gasteiger partial charge in [-0.1, -0.05) is 43.9 Å². The highest BCUT2D eigenvalue weighted by Crippen LogP contribution is 2.13. The molecule has 0 unspecified atom stereocenters. The van der Waals surface area contributed by atoms with Crippen LogP contribution in [0, 0.1) is 6.92 Å². The number of hydrogen-bond donors (Lipinski definition) is 0. The van der Waals surface area contributed by atoms with E-state index in [0.29, 0.717) is 0 Å². The molecule has 0 bridgehead atoms. The molecule has 0 heterocycles. The molecule has 0 saturated heterocycles. The topological polar surface area (TPSA) is 43.4 Å². The van der Waals surface area contributed by atoms with Crippen molar-refractivity contribution in [1.29, 1.82) is 0 Å². The van der Waals surface area contributed by atoms with Crippen LogP contribution in [-0.2, 0) is 14.3 Å². The van der Waals surface area contributed by atoms with Gasteiger partial charge in [-0.25, -0.2) is 0 Å². The predicted molar refractivity (Wildman–Crippen MR) is 68.5 cm³/mol. The van der Waals surface area contributed by atoms with Crippen LogP contribution in [-0.4, -0.2) is 15.0 Å². The fraction of sp³-hybridized carbons (Fsp3) is 0.538. The van der Waals surface area contributed by atoms with E-state index in [4.69, 9.17) is 4.18 Å². The molecule has 0 atom stereocenters. The molecule has 96 valence electrons. The molecule has 0 radical (unpaired) electrons. The summed E-state index contributed by atoms with van der Waals surface area (Å²) in [4.78, 5) is 0.235. The normalized spacial score (nSPS) is 11.6. The first-order valence-electron chi connectivity index (χ1n) is 6.02. The number of aryl methyl sites for hydroxylation is 1. The summed E-state index contributed by atoms with van der Waals surface area (Å²) in [5.41, 5.74) is 1.03. The van der Waals surface area contributed by atoms with Crippen molar-refractivity contribution >= 4 is 10.1 Å². The summed E-state index contributed by atoms with van der Waals surface area (Å²) in [6.07, 6.45) is 4.05. The van der Waals surface area contributed by atoms with Crippen molar-refractivity contribution in [2.45, 2.75) is 44.4 Å². The van der Waals surface area contributed by atoms with Crippen molar-refractivity contribution in [3.63, 3.8) is 0 Å². The van der Waals surface area contributed by atoms with Crippen molar-refractivity contribution in [2.75, 3.05) is 6.61 Å². The van der Waals surface area contributed by atoms with E-state index in [1.165, 1.54) is 0 Å². The van der Waals surface area contributed by atoms with Crippen LogP contribution in [0.5, 0.6) is 0 Å². The van der Waals surface area contributed by atoms with Crippen molar-refractivity contribution in [3.05, 3.63) is 29.8 Å². The average molecular weight is 256 g/mol. The molecule has 0 amide bonds. The van der Waals surface area contributed by atoms with E-state index in [9.17, 15) is 8.42 Å². The van der Waals surface area contributed by atoms with Gasteiger partial charge in [0.15, 0.2) is 0 Å². The molecule has 0 aliphatic carbocycles. The standard InChI is InChI=1S/C13H20O3S/c1-3-4-5-6-11-16-17(14,15)13-9-7-12(2)8-10-13/h7-10H,3-6,11H2,1-2H3. The van der Waals surface area contributed by atoms with Crippen LogP contribution >= 0.6 is 0 Å². The molecule has 4 heteroatoms. The minimum atomic E-state index is -3.56. The SMILES string of the molecule is CCCCCCOS(=O)(=O)c1ccc(C)cc1. The molecular formula is C13H20O3S. The second-order valence-electron chi connectivity index (χ2n) is 4.15. The predicted octanol–water partition coefficient (Wildman–Crippen LogP) is 3.28. The Morgan fingerprint density at radius 2 is 1.71 bits per heavy atom. The fourth-order valence-electron chi connectivity index (χ4n) is 1.47. The Bertz CT molecular complexity index is 420. The maximum absolute atomic E-state index is 11.8. The van der Waals surface area contributed by atoms with E-state index in [-0.39, 0.29) is 11.5 Å². The Balaban J connectivity index is 2.48. The molecule has 0 spiro atoms. The van der Waals surface area contributed by atoms with Crippen molar-refractivity contribution < 1.29 is 12.6 Å². The van der Waals surface area contributed by atoms with Gasteiger partial charge in [0.05, 0.1) is 11.5 Å². The molecule has 0 N–H and O–H groups in total. The third-order valence-corrected chi connectivity index (χ3v) is 3.87. The molecule has 0 aliphatic heterocycles. The van der Waals surface area contributed by atoms with Crippen molar-refractivity contribution in [1.82, 2.24) is 0 Å². The maximum Gasteiger partial charge on any atom is 0.296 e. The smallest absolute Gasteiger partial charge is 0.266 e. The first kappa shape index (κ1) is 14.2. The van der Waals surface area contributed by atoms with Gasteiger partial charge >= 0.3 is 0 Å². The Morgan fingerprint density at radius 1 is 1.06 bits per heavy atom. The van der Waals surface area contributed by atoms with Gasteiger partial charge in [0.1, 0.15) is 0 Å². The van der Waals surface area contributed by atoms with Crippen LogP contribution in [0.2, 0.25) is 0 Å². The van der Waals surface area contributed by atoms with E-state index in [1.54, 1.807) is 24.3 Å². The molecular weight excluding hydrogens is 236 g/mol. The Kier molecular flexibility index (Phi) is 5.65. The van der Waals surface area contributed by atoms with Gasteiger partial charge in [0.25, 0.3) is 10.1 Å². The highest BCUT2D eigenvalue weighted by atomic mass is 32.2. The molecule has 0 fully saturated rings. The number of benzene rings is 1. The van der Waals surface area contributed by atoms with Crippen LogP contribution in [0.3, 0.4) is 0 Å². The first-order valence-corrected chi connectivity index (χ1v) is 7.43. The summed E-state index contributed by atoms with van der Waals surface area (Å²) in [5.74, 6) is 0. The zero-order chi connectivity index (χ0) is 12.7. The summed E-state index contributed by atoms with van der Waals surface area (Å²) >= 11 is 0. The molecule has 1 rings (SSSR count). The summed E-state index contributed by atoms with van der Waals surface area (Å²) in [6, 6.07) is 6.70. The van der Waals surface area contributed by atoms with Crippen LogP contribution in [0.4, 0.5) is 0 Å². The average Bonchev–Trinajstić information content (AvgIpc) is 2.29. The second kappa shape index (κ2) is 6.77. The van der Waals surface area contributed by atoms with Gasteiger partial charge in [0.2, 0.25) is 0 Å². The van der Waals surface area contributed by atoms with Gasteiger partial charge in [-0.2, -0.15) is 8.42 Å². The zero-order valence-corrected chi connectivity index (χ0v) is 11.3. The monoisotopic (exact) mass is 256 g/mol. The van der Waals surface area contributed by atoms with Crippen LogP contribution in [0.1, 0.15) is 38.2 Å². The van der Waals surface area contributed by atoms with Crippen molar-refractivity contribution in [2.24, 2.45) is 0 Å². The highest BCUT2D eigenvalue weighted by Gasteiger charge is 2.13. The zero-order valence-electron chi connectivity index (χ0n) is 10.5. The lowest BCUT2D eigenvalue weighted by molar-refractivity contribution is 0.307. The summed E-state index contributed by atoms with van der Waals surface area (Å²) in [7, 11) is -3.56. The quantitative estimate of drug-likeness (QED) is 0.555. The van der Waals surface area contributed by atoms with Gasteiger partial charge in [-0.05, 0) is 25.5 Å². The van der Waals surface area contributed by atoms with Crippen molar-refractivity contribution in [3.8, 4) is 0 Å². The largest absolute Gasteiger partial charge is 0.296 e. The van der Waals surface area contributed by atoms with E-state index in [1.807, 2.05) is 6.92 Å². The summed E-state index contributed by atoms with van der Waals surface area (Å²) in [6.45, 7) is 4.31. The maximum atomic E-state index is 11.8. The lowest BCUT2D eigenvalue weighted by Crippen LogP contribution is -2.07. The van der Waals surface area contributed by atoms with Crippen LogP contribution in [0.15, 0.2) is 29.2 Å². The van der Waals surface area contributed by atoms with Crippen LogP contribution < -0.4 is 0 Å². The van der Waals surface area contributed by atoms with Crippen LogP contribution in [0.25, 0.3) is 0 Å². The first-order chi connectivity index (χ1) is 8.06.